The topological polar surface area (TPSA) is 90.2 Å². The van der Waals surface area contributed by atoms with Crippen LogP contribution in [0.15, 0.2) is 30.5 Å². The summed E-state index contributed by atoms with van der Waals surface area (Å²) in [5.41, 5.74) is 1.15. The molecule has 1 aromatic carbocycles. The molecule has 2 aliphatic heterocycles. The number of rotatable bonds is 5. The number of aryl methyl sites for hydroxylation is 1. The van der Waals surface area contributed by atoms with E-state index in [1.165, 1.54) is 6.07 Å². The van der Waals surface area contributed by atoms with Crippen molar-refractivity contribution >= 4 is 11.6 Å². The Hall–Kier alpha value is -3.34. The van der Waals surface area contributed by atoms with E-state index in [1.807, 2.05) is 6.07 Å². The van der Waals surface area contributed by atoms with Gasteiger partial charge in [0, 0.05) is 43.9 Å². The van der Waals surface area contributed by atoms with E-state index in [4.69, 9.17) is 14.5 Å². The van der Waals surface area contributed by atoms with Crippen LogP contribution in [0, 0.1) is 23.5 Å². The van der Waals surface area contributed by atoms with Gasteiger partial charge in [-0.1, -0.05) is 12.1 Å². The number of hydrogen-bond acceptors (Lipinski definition) is 8. The summed E-state index contributed by atoms with van der Waals surface area (Å²) in [6.07, 6.45) is 3.92. The summed E-state index contributed by atoms with van der Waals surface area (Å²) >= 11 is 0. The van der Waals surface area contributed by atoms with E-state index >= 15 is 0 Å². The van der Waals surface area contributed by atoms with Crippen molar-refractivity contribution in [2.45, 2.75) is 38.0 Å². The van der Waals surface area contributed by atoms with Crippen molar-refractivity contribution in [1.29, 1.82) is 0 Å². The fraction of sp³-hybridized carbons (Fsp3) is 0.500. The number of nitrogens with zero attached hydrogens (tertiary/aromatic N) is 6. The van der Waals surface area contributed by atoms with Gasteiger partial charge in [0.15, 0.2) is 17.5 Å². The molecule has 0 amide bonds. The molecule has 6 rings (SSSR count). The number of benzene rings is 1. The van der Waals surface area contributed by atoms with Crippen LogP contribution in [0.2, 0.25) is 0 Å². The van der Waals surface area contributed by atoms with Crippen LogP contribution in [0.1, 0.15) is 36.8 Å². The van der Waals surface area contributed by atoms with Crippen molar-refractivity contribution in [2.24, 2.45) is 11.8 Å². The van der Waals surface area contributed by atoms with E-state index in [0.717, 1.165) is 44.1 Å². The normalized spacial score (nSPS) is 25.7. The molecule has 35 heavy (non-hydrogen) atoms. The maximum atomic E-state index is 14.6. The lowest BCUT2D eigenvalue weighted by Gasteiger charge is -2.39. The van der Waals surface area contributed by atoms with Crippen molar-refractivity contribution in [1.82, 2.24) is 25.0 Å². The molecule has 4 atom stereocenters. The maximum Gasteiger partial charge on any atom is 0.242 e. The molecule has 0 spiro atoms. The van der Waals surface area contributed by atoms with Gasteiger partial charge in [-0.3, -0.25) is 0 Å². The Bertz CT molecular complexity index is 1210. The predicted molar refractivity (Wildman–Crippen MR) is 123 cm³/mol. The Morgan fingerprint density at radius 2 is 2.00 bits per heavy atom. The molecule has 2 aromatic heterocycles. The molecule has 1 N–H and O–H groups in total. The fourth-order valence-corrected chi connectivity index (χ4v) is 5.64. The van der Waals surface area contributed by atoms with E-state index in [2.05, 4.69) is 25.5 Å². The van der Waals surface area contributed by atoms with Gasteiger partial charge in [0.05, 0.1) is 19.0 Å². The third-order valence-electron chi connectivity index (χ3n) is 7.32. The van der Waals surface area contributed by atoms with Crippen LogP contribution >= 0.6 is 0 Å². The van der Waals surface area contributed by atoms with Crippen LogP contribution in [0.5, 0.6) is 5.88 Å². The van der Waals surface area contributed by atoms with Crippen LogP contribution in [0.4, 0.5) is 20.4 Å². The molecule has 3 aliphatic rings. The zero-order valence-electron chi connectivity index (χ0n) is 19.4. The molecule has 1 aliphatic carbocycles. The lowest BCUT2D eigenvalue weighted by molar-refractivity contribution is 0.0782. The van der Waals surface area contributed by atoms with Gasteiger partial charge in [0.25, 0.3) is 0 Å². The first kappa shape index (κ1) is 22.1. The molecule has 184 valence electrons. The fourth-order valence-electron chi connectivity index (χ4n) is 5.64. The second-order valence-electron chi connectivity index (χ2n) is 9.39. The van der Waals surface area contributed by atoms with E-state index in [1.54, 1.807) is 24.1 Å². The number of methoxy groups -OCH3 is 1. The van der Waals surface area contributed by atoms with Crippen LogP contribution in [0.25, 0.3) is 0 Å². The van der Waals surface area contributed by atoms with Gasteiger partial charge in [0.2, 0.25) is 11.8 Å². The lowest BCUT2D eigenvalue weighted by Crippen LogP contribution is -2.48. The molecule has 1 unspecified atom stereocenters. The second kappa shape index (κ2) is 9.03. The Labute approximate surface area is 201 Å². The van der Waals surface area contributed by atoms with Crippen molar-refractivity contribution in [3.63, 3.8) is 0 Å². The van der Waals surface area contributed by atoms with Crippen LogP contribution in [-0.2, 0) is 11.3 Å². The molecule has 11 heteroatoms. The molecule has 4 heterocycles. The van der Waals surface area contributed by atoms with Gasteiger partial charge in [-0.25, -0.2) is 13.5 Å². The number of aromatic nitrogens is 5. The Balaban J connectivity index is 1.22. The van der Waals surface area contributed by atoms with Gasteiger partial charge in [-0.15, -0.1) is 10.2 Å². The van der Waals surface area contributed by atoms with E-state index in [9.17, 15) is 8.78 Å². The van der Waals surface area contributed by atoms with Crippen molar-refractivity contribution in [2.75, 3.05) is 37.0 Å². The first-order chi connectivity index (χ1) is 17.1. The van der Waals surface area contributed by atoms with Gasteiger partial charge in [0.1, 0.15) is 6.10 Å². The van der Waals surface area contributed by atoms with Crippen LogP contribution < -0.4 is 15.0 Å². The Morgan fingerprint density at radius 1 is 1.17 bits per heavy atom. The van der Waals surface area contributed by atoms with E-state index < -0.39 is 17.7 Å². The van der Waals surface area contributed by atoms with Gasteiger partial charge >= 0.3 is 0 Å². The summed E-state index contributed by atoms with van der Waals surface area (Å²) in [5.74, 6) is 0.545. The van der Waals surface area contributed by atoms with Gasteiger partial charge in [-0.05, 0) is 37.2 Å². The molecular formula is C24H27F2N7O2. The largest absolute Gasteiger partial charge is 0.480 e. The minimum atomic E-state index is -0.906. The number of anilines is 2. The molecule has 1 saturated heterocycles. The highest BCUT2D eigenvalue weighted by Gasteiger charge is 2.43. The highest BCUT2D eigenvalue weighted by molar-refractivity contribution is 5.48. The molecule has 0 radical (unpaired) electrons. The smallest absolute Gasteiger partial charge is 0.242 e. The minimum absolute atomic E-state index is 0.141. The average Bonchev–Trinajstić information content (AvgIpc) is 3.28. The predicted octanol–water partition coefficient (Wildman–Crippen LogP) is 3.19. The number of ether oxygens (including phenoxy) is 2. The molecule has 2 fully saturated rings. The highest BCUT2D eigenvalue weighted by Crippen LogP contribution is 2.40. The van der Waals surface area contributed by atoms with Gasteiger partial charge in [-0.2, -0.15) is 10.1 Å². The number of halogens is 2. The number of hydrogen-bond donors (Lipinski definition) is 1. The first-order valence-corrected chi connectivity index (χ1v) is 12.0. The molecule has 2 bridgehead atoms. The second-order valence-corrected chi connectivity index (χ2v) is 9.39. The zero-order chi connectivity index (χ0) is 23.9. The van der Waals surface area contributed by atoms with E-state index in [-0.39, 0.29) is 11.6 Å². The standard InChI is InChI=1S/C24H27F2N7O2/c1-34-19-10-16(11-27-30-19)32-12-14-6-7-15(13-32)21(14)28-24-29-23-22(35-9-3-8-33(23)31-24)17-4-2-5-18(25)20(17)26/h2,4-5,10-11,14-15,21-22H,3,6-9,12-13H2,1H3,(H,28,31)/t14-,15+,21?,22-/m1/s1. The minimum Gasteiger partial charge on any atom is -0.480 e. The van der Waals surface area contributed by atoms with Crippen molar-refractivity contribution in [3.05, 3.63) is 53.5 Å². The number of fused-ring (bicyclic) bond motifs is 3. The molecular weight excluding hydrogens is 456 g/mol. The Kier molecular flexibility index (Phi) is 5.71. The summed E-state index contributed by atoms with van der Waals surface area (Å²) < 4.78 is 41.4. The average molecular weight is 484 g/mol. The van der Waals surface area contributed by atoms with Crippen molar-refractivity contribution < 1.29 is 18.3 Å². The summed E-state index contributed by atoms with van der Waals surface area (Å²) in [6.45, 7) is 2.80. The molecule has 3 aromatic rings. The summed E-state index contributed by atoms with van der Waals surface area (Å²) in [4.78, 5) is 7.05. The first-order valence-electron chi connectivity index (χ1n) is 12.0. The SMILES string of the molecule is COc1cc(N2C[C@H]3CC[C@@H](C2)C3Nc2nc3n(n2)CCCO[C@@H]3c2cccc(F)c2F)cnn1. The van der Waals surface area contributed by atoms with Crippen LogP contribution in [0.3, 0.4) is 0 Å². The Morgan fingerprint density at radius 3 is 2.80 bits per heavy atom. The summed E-state index contributed by atoms with van der Waals surface area (Å²) in [5, 5.41) is 16.3. The summed E-state index contributed by atoms with van der Waals surface area (Å²) in [7, 11) is 1.59. The van der Waals surface area contributed by atoms with E-state index in [0.29, 0.717) is 42.6 Å². The third kappa shape index (κ3) is 4.07. The maximum absolute atomic E-state index is 14.6. The zero-order valence-corrected chi connectivity index (χ0v) is 19.4. The van der Waals surface area contributed by atoms with Crippen LogP contribution in [-0.4, -0.2) is 57.8 Å². The highest BCUT2D eigenvalue weighted by atomic mass is 19.2. The third-order valence-corrected chi connectivity index (χ3v) is 7.32. The number of nitrogens with one attached hydrogen (secondary N) is 1. The van der Waals surface area contributed by atoms with Gasteiger partial charge < -0.3 is 19.7 Å². The lowest BCUT2D eigenvalue weighted by atomic mass is 9.92. The quantitative estimate of drug-likeness (QED) is 0.592. The van der Waals surface area contributed by atoms with Crippen molar-refractivity contribution in [3.8, 4) is 5.88 Å². The number of piperidine rings is 1. The summed E-state index contributed by atoms with van der Waals surface area (Å²) in [6, 6.07) is 6.29. The molecule has 1 saturated carbocycles. The molecule has 9 nitrogen and oxygen atoms in total. The monoisotopic (exact) mass is 483 g/mol.